The highest BCUT2D eigenvalue weighted by molar-refractivity contribution is 5.75. The van der Waals surface area contributed by atoms with Gasteiger partial charge in [0.25, 0.3) is 0 Å². The summed E-state index contributed by atoms with van der Waals surface area (Å²) in [6, 6.07) is 8.12. The molecule has 0 amide bonds. The van der Waals surface area contributed by atoms with Gasteiger partial charge in [0.15, 0.2) is 0 Å². The van der Waals surface area contributed by atoms with Gasteiger partial charge in [-0.3, -0.25) is 4.79 Å². The van der Waals surface area contributed by atoms with Gasteiger partial charge in [-0.05, 0) is 94.6 Å². The van der Waals surface area contributed by atoms with Crippen LogP contribution in [-0.2, 0) is 21.7 Å². The van der Waals surface area contributed by atoms with E-state index in [0.29, 0.717) is 6.61 Å². The lowest BCUT2D eigenvalue weighted by Crippen LogP contribution is -2.55. The van der Waals surface area contributed by atoms with Crippen molar-refractivity contribution in [1.29, 1.82) is 0 Å². The van der Waals surface area contributed by atoms with Crippen LogP contribution in [0, 0.1) is 28.6 Å². The van der Waals surface area contributed by atoms with Crippen LogP contribution >= 0.6 is 0 Å². The van der Waals surface area contributed by atoms with Crippen molar-refractivity contribution in [1.82, 2.24) is 0 Å². The summed E-state index contributed by atoms with van der Waals surface area (Å²) >= 11 is 0. The van der Waals surface area contributed by atoms with Crippen molar-refractivity contribution in [3.63, 3.8) is 0 Å². The van der Waals surface area contributed by atoms with E-state index >= 15 is 0 Å². The highest BCUT2D eigenvalue weighted by Gasteiger charge is 2.58. The average Bonchev–Trinajstić information content (AvgIpc) is 2.65. The maximum absolute atomic E-state index is 12.2. The van der Waals surface area contributed by atoms with Gasteiger partial charge in [0, 0.05) is 5.41 Å². The fraction of sp³-hybridized carbons (Fsp3) is 0.720. The molecule has 1 aromatic rings. The van der Waals surface area contributed by atoms with Gasteiger partial charge in [-0.15, -0.1) is 0 Å². The van der Waals surface area contributed by atoms with Gasteiger partial charge in [-0.1, -0.05) is 31.2 Å². The lowest BCUT2D eigenvalue weighted by atomic mass is 9.45. The van der Waals surface area contributed by atoms with Crippen molar-refractivity contribution in [2.45, 2.75) is 84.8 Å². The first-order valence-electron chi connectivity index (χ1n) is 11.1. The monoisotopic (exact) mass is 384 g/mol. The molecule has 28 heavy (non-hydrogen) atoms. The first kappa shape index (κ1) is 19.9. The molecule has 3 heteroatoms. The van der Waals surface area contributed by atoms with Crippen LogP contribution in [0.3, 0.4) is 0 Å². The molecule has 4 aliphatic carbocycles. The van der Waals surface area contributed by atoms with Crippen LogP contribution in [-0.4, -0.2) is 11.1 Å². The average molecular weight is 385 g/mol. The predicted octanol–water partition coefficient (Wildman–Crippen LogP) is 5.59. The second kappa shape index (κ2) is 6.86. The van der Waals surface area contributed by atoms with Crippen LogP contribution < -0.4 is 0 Å². The Morgan fingerprint density at radius 1 is 1.04 bits per heavy atom. The van der Waals surface area contributed by atoms with Gasteiger partial charge in [0.05, 0.1) is 11.0 Å². The third-order valence-electron chi connectivity index (χ3n) is 8.39. The molecule has 4 bridgehead atoms. The van der Waals surface area contributed by atoms with E-state index in [1.807, 2.05) is 52.0 Å². The Balaban J connectivity index is 1.47. The molecular formula is C25H36O3. The molecule has 4 aliphatic rings. The fourth-order valence-electron chi connectivity index (χ4n) is 6.43. The SMILES string of the molecule is CCC(C)(C)C(=O)OCc1ccc(C(C)(O)C23CC4CC(CC(C4)C2)C3)cc1. The molecule has 1 N–H and O–H groups in total. The Bertz CT molecular complexity index is 693. The Kier molecular flexibility index (Phi) is 4.89. The molecule has 154 valence electrons. The summed E-state index contributed by atoms with van der Waals surface area (Å²) in [5, 5.41) is 11.7. The summed E-state index contributed by atoms with van der Waals surface area (Å²) in [6.07, 6.45) is 8.44. The lowest BCUT2D eigenvalue weighted by Gasteiger charge is -2.61. The van der Waals surface area contributed by atoms with E-state index < -0.39 is 11.0 Å². The number of carbonyl (C=O) groups excluding carboxylic acids is 1. The maximum Gasteiger partial charge on any atom is 0.311 e. The Morgan fingerprint density at radius 2 is 1.54 bits per heavy atom. The van der Waals surface area contributed by atoms with Gasteiger partial charge in [-0.2, -0.15) is 0 Å². The van der Waals surface area contributed by atoms with Crippen molar-refractivity contribution >= 4 is 5.97 Å². The van der Waals surface area contributed by atoms with Crippen LogP contribution in [0.1, 0.15) is 83.8 Å². The summed E-state index contributed by atoms with van der Waals surface area (Å²) < 4.78 is 5.51. The number of benzene rings is 1. The molecule has 1 atom stereocenters. The van der Waals surface area contributed by atoms with Crippen LogP contribution in [0.5, 0.6) is 0 Å². The number of carbonyl (C=O) groups is 1. The predicted molar refractivity (Wildman–Crippen MR) is 110 cm³/mol. The van der Waals surface area contributed by atoms with Gasteiger partial charge in [0.2, 0.25) is 0 Å². The molecule has 1 unspecified atom stereocenters. The van der Waals surface area contributed by atoms with Crippen LogP contribution in [0.15, 0.2) is 24.3 Å². The highest BCUT2D eigenvalue weighted by Crippen LogP contribution is 2.65. The zero-order valence-electron chi connectivity index (χ0n) is 18.0. The molecule has 0 aromatic heterocycles. The van der Waals surface area contributed by atoms with Crippen LogP contribution in [0.25, 0.3) is 0 Å². The zero-order valence-corrected chi connectivity index (χ0v) is 18.0. The van der Waals surface area contributed by atoms with Crippen molar-refractivity contribution < 1.29 is 14.6 Å². The minimum atomic E-state index is -0.789. The van der Waals surface area contributed by atoms with Gasteiger partial charge < -0.3 is 9.84 Å². The molecular weight excluding hydrogens is 348 g/mol. The van der Waals surface area contributed by atoms with E-state index in [9.17, 15) is 9.90 Å². The van der Waals surface area contributed by atoms with E-state index in [0.717, 1.165) is 35.3 Å². The largest absolute Gasteiger partial charge is 0.460 e. The summed E-state index contributed by atoms with van der Waals surface area (Å²) in [6.45, 7) is 8.17. The van der Waals surface area contributed by atoms with E-state index in [-0.39, 0.29) is 11.4 Å². The van der Waals surface area contributed by atoms with E-state index in [1.165, 1.54) is 38.5 Å². The second-order valence-electron chi connectivity index (χ2n) is 10.8. The zero-order chi connectivity index (χ0) is 20.2. The molecule has 0 heterocycles. The third kappa shape index (κ3) is 3.30. The number of ether oxygens (including phenoxy) is 1. The molecule has 0 spiro atoms. The molecule has 4 saturated carbocycles. The van der Waals surface area contributed by atoms with E-state index in [2.05, 4.69) is 0 Å². The third-order valence-corrected chi connectivity index (χ3v) is 8.39. The summed E-state index contributed by atoms with van der Waals surface area (Å²) in [5.41, 5.74) is 0.800. The highest BCUT2D eigenvalue weighted by atomic mass is 16.5. The smallest absolute Gasteiger partial charge is 0.311 e. The lowest BCUT2D eigenvalue weighted by molar-refractivity contribution is -0.176. The first-order valence-corrected chi connectivity index (χ1v) is 11.1. The number of hydrogen-bond acceptors (Lipinski definition) is 3. The molecule has 0 saturated heterocycles. The van der Waals surface area contributed by atoms with Crippen molar-refractivity contribution in [3.8, 4) is 0 Å². The van der Waals surface area contributed by atoms with Crippen molar-refractivity contribution in [3.05, 3.63) is 35.4 Å². The standard InChI is InChI=1S/C25H36O3/c1-5-23(2,3)22(26)28-16-17-6-8-21(9-7-17)24(4,27)25-13-18-10-19(14-25)12-20(11-18)15-25/h6-9,18-20,27H,5,10-16H2,1-4H3. The van der Waals surface area contributed by atoms with Crippen LogP contribution in [0.2, 0.25) is 0 Å². The number of hydrogen-bond donors (Lipinski definition) is 1. The normalized spacial score (nSPS) is 33.5. The summed E-state index contributed by atoms with van der Waals surface area (Å²) in [5.74, 6) is 2.30. The first-order chi connectivity index (χ1) is 13.1. The fourth-order valence-corrected chi connectivity index (χ4v) is 6.43. The van der Waals surface area contributed by atoms with Gasteiger partial charge in [0.1, 0.15) is 6.61 Å². The molecule has 5 rings (SSSR count). The minimum Gasteiger partial charge on any atom is -0.460 e. The molecule has 0 radical (unpaired) electrons. The molecule has 1 aromatic carbocycles. The number of rotatable bonds is 6. The molecule has 0 aliphatic heterocycles. The number of esters is 1. The van der Waals surface area contributed by atoms with Crippen LogP contribution in [0.4, 0.5) is 0 Å². The Labute approximate surface area is 169 Å². The van der Waals surface area contributed by atoms with E-state index in [4.69, 9.17) is 4.74 Å². The van der Waals surface area contributed by atoms with Gasteiger partial charge >= 0.3 is 5.97 Å². The van der Waals surface area contributed by atoms with Crippen molar-refractivity contribution in [2.24, 2.45) is 28.6 Å². The molecule has 3 nitrogen and oxygen atoms in total. The Morgan fingerprint density at radius 3 is 2.00 bits per heavy atom. The van der Waals surface area contributed by atoms with Gasteiger partial charge in [-0.25, -0.2) is 0 Å². The maximum atomic E-state index is 12.2. The topological polar surface area (TPSA) is 46.5 Å². The summed E-state index contributed by atoms with van der Waals surface area (Å²) in [4.78, 5) is 12.2. The quantitative estimate of drug-likeness (QED) is 0.650. The van der Waals surface area contributed by atoms with E-state index in [1.54, 1.807) is 0 Å². The van der Waals surface area contributed by atoms with Crippen molar-refractivity contribution in [2.75, 3.05) is 0 Å². The number of aliphatic hydroxyl groups is 1. The molecule has 4 fully saturated rings. The minimum absolute atomic E-state index is 0.0425. The second-order valence-corrected chi connectivity index (χ2v) is 10.8. The Hall–Kier alpha value is -1.35. The summed E-state index contributed by atoms with van der Waals surface area (Å²) in [7, 11) is 0.